The Kier molecular flexibility index (Phi) is 15.0. The SMILES string of the molecule is CC(C)CC1C(=O)NC(C(=O)NCc2ccc(CNC(=O)c3ccc(NN=Cc4ccccc4S(=O)(=O)O)nc3)cc2)Cc2ccc(cc2)OCCCC1C(=O)NO. The van der Waals surface area contributed by atoms with Crippen LogP contribution in [0.2, 0.25) is 0 Å². The van der Waals surface area contributed by atoms with Gasteiger partial charge in [-0.15, -0.1) is 0 Å². The van der Waals surface area contributed by atoms with Crippen LogP contribution in [0.5, 0.6) is 5.75 Å². The Morgan fingerprint density at radius 2 is 1.64 bits per heavy atom. The number of pyridine rings is 1. The van der Waals surface area contributed by atoms with Gasteiger partial charge in [-0.25, -0.2) is 10.5 Å². The van der Waals surface area contributed by atoms with Gasteiger partial charge in [0.2, 0.25) is 17.7 Å². The Morgan fingerprint density at radius 1 is 0.948 bits per heavy atom. The molecule has 4 amide bonds. The van der Waals surface area contributed by atoms with E-state index in [4.69, 9.17) is 4.74 Å². The number of anilines is 1. The van der Waals surface area contributed by atoms with Crippen LogP contribution in [0.1, 0.15) is 65.7 Å². The molecule has 0 spiro atoms. The molecule has 16 nitrogen and oxygen atoms in total. The van der Waals surface area contributed by atoms with Gasteiger partial charge in [-0.2, -0.15) is 13.5 Å². The predicted molar refractivity (Wildman–Crippen MR) is 214 cm³/mol. The zero-order chi connectivity index (χ0) is 41.7. The van der Waals surface area contributed by atoms with Crippen LogP contribution in [0.15, 0.2) is 101 Å². The molecule has 306 valence electrons. The fourth-order valence-corrected chi connectivity index (χ4v) is 7.12. The summed E-state index contributed by atoms with van der Waals surface area (Å²) < 4.78 is 38.4. The first-order valence-corrected chi connectivity index (χ1v) is 20.2. The van der Waals surface area contributed by atoms with Crippen molar-refractivity contribution in [2.45, 2.75) is 63.6 Å². The van der Waals surface area contributed by atoms with Crippen molar-refractivity contribution >= 4 is 45.8 Å². The molecule has 0 radical (unpaired) electrons. The minimum atomic E-state index is -4.43. The molecule has 3 aromatic carbocycles. The Balaban J connectivity index is 1.16. The van der Waals surface area contributed by atoms with Gasteiger partial charge in [-0.1, -0.05) is 68.4 Å². The molecule has 7 N–H and O–H groups in total. The third-order valence-electron chi connectivity index (χ3n) is 9.47. The first-order valence-electron chi connectivity index (χ1n) is 18.7. The fraction of sp³-hybridized carbons (Fsp3) is 0.317. The maximum absolute atomic E-state index is 13.8. The lowest BCUT2D eigenvalue weighted by Gasteiger charge is -2.29. The van der Waals surface area contributed by atoms with E-state index in [1.54, 1.807) is 29.7 Å². The number of benzene rings is 3. The molecule has 3 atom stereocenters. The van der Waals surface area contributed by atoms with Gasteiger partial charge < -0.3 is 20.7 Å². The van der Waals surface area contributed by atoms with Crippen LogP contribution < -0.4 is 31.6 Å². The zero-order valence-corrected chi connectivity index (χ0v) is 32.9. The van der Waals surface area contributed by atoms with Crippen LogP contribution >= 0.6 is 0 Å². The summed E-state index contributed by atoms with van der Waals surface area (Å²) in [4.78, 5) is 56.9. The molecule has 17 heteroatoms. The number of aromatic nitrogens is 1. The van der Waals surface area contributed by atoms with Gasteiger partial charge in [0.25, 0.3) is 16.0 Å². The van der Waals surface area contributed by atoms with E-state index in [1.807, 2.05) is 50.2 Å². The average Bonchev–Trinajstić information content (AvgIpc) is 3.21. The molecular weight excluding hydrogens is 767 g/mol. The maximum atomic E-state index is 13.8. The van der Waals surface area contributed by atoms with Crippen molar-refractivity contribution in [1.29, 1.82) is 0 Å². The van der Waals surface area contributed by atoms with Crippen molar-refractivity contribution in [3.05, 3.63) is 119 Å². The van der Waals surface area contributed by atoms with Gasteiger partial charge >= 0.3 is 0 Å². The normalized spacial score (nSPS) is 17.5. The fourth-order valence-electron chi connectivity index (χ4n) is 6.45. The number of hydroxylamine groups is 1. The third kappa shape index (κ3) is 12.4. The summed E-state index contributed by atoms with van der Waals surface area (Å²) in [5.74, 6) is -2.49. The minimum absolute atomic E-state index is 0.0602. The van der Waals surface area contributed by atoms with E-state index in [0.717, 1.165) is 16.7 Å². The second-order valence-corrected chi connectivity index (χ2v) is 15.6. The van der Waals surface area contributed by atoms with E-state index in [-0.39, 0.29) is 41.8 Å². The van der Waals surface area contributed by atoms with E-state index < -0.39 is 45.7 Å². The van der Waals surface area contributed by atoms with Gasteiger partial charge in [0.1, 0.15) is 22.5 Å². The number of amides is 4. The molecule has 1 aromatic heterocycles. The molecule has 6 rings (SSSR count). The largest absolute Gasteiger partial charge is 0.494 e. The minimum Gasteiger partial charge on any atom is -0.494 e. The second kappa shape index (κ2) is 20.3. The van der Waals surface area contributed by atoms with Crippen LogP contribution in [0, 0.1) is 17.8 Å². The van der Waals surface area contributed by atoms with Crippen LogP contribution in [0.25, 0.3) is 0 Å². The highest BCUT2D eigenvalue weighted by molar-refractivity contribution is 7.86. The molecule has 2 aliphatic heterocycles. The highest BCUT2D eigenvalue weighted by Gasteiger charge is 2.36. The smallest absolute Gasteiger partial charge is 0.295 e. The van der Waals surface area contributed by atoms with Crippen LogP contribution in [0.4, 0.5) is 5.82 Å². The van der Waals surface area contributed by atoms with Crippen LogP contribution in [-0.4, -0.2) is 65.7 Å². The molecule has 3 heterocycles. The lowest BCUT2D eigenvalue weighted by atomic mass is 9.81. The number of hydrogen-bond donors (Lipinski definition) is 7. The molecule has 58 heavy (non-hydrogen) atoms. The molecule has 0 saturated carbocycles. The average molecular weight is 814 g/mol. The highest BCUT2D eigenvalue weighted by atomic mass is 32.2. The number of nitrogens with one attached hydrogen (secondary N) is 5. The highest BCUT2D eigenvalue weighted by Crippen LogP contribution is 2.27. The molecule has 3 unspecified atom stereocenters. The standard InChI is InChI=1S/C41H47N7O9S/c1-26(2)20-34-33(40(51)48-53)7-5-19-57-32-16-13-27(14-17-32)21-35(46-39(34)50)41(52)44-23-29-11-9-28(10-12-29)22-43-38(49)31-15-18-37(42-24-31)47-45-25-30-6-3-4-8-36(30)58(54,55)56/h3-4,6,8-18,24-26,33-35,53H,5,7,19-23H2,1-2H3,(H,42,47)(H,43,49)(H,44,52)(H,46,50)(H,48,51)(H,54,55,56). The van der Waals surface area contributed by atoms with Crippen molar-refractivity contribution in [1.82, 2.24) is 26.4 Å². The van der Waals surface area contributed by atoms with Crippen molar-refractivity contribution in [3.8, 4) is 5.75 Å². The molecule has 0 fully saturated rings. The lowest BCUT2D eigenvalue weighted by Crippen LogP contribution is -2.51. The lowest BCUT2D eigenvalue weighted by molar-refractivity contribution is -0.142. The number of nitrogens with zero attached hydrogens (tertiary/aromatic N) is 2. The summed E-state index contributed by atoms with van der Waals surface area (Å²) in [5, 5.41) is 22.1. The topological polar surface area (TPSA) is 238 Å². The maximum Gasteiger partial charge on any atom is 0.295 e. The van der Waals surface area contributed by atoms with E-state index in [0.29, 0.717) is 43.0 Å². The van der Waals surface area contributed by atoms with E-state index in [9.17, 15) is 37.4 Å². The number of ether oxygens (including phenoxy) is 1. The summed E-state index contributed by atoms with van der Waals surface area (Å²) >= 11 is 0. The van der Waals surface area contributed by atoms with Gasteiger partial charge in [0.15, 0.2) is 0 Å². The number of hydrogen-bond acceptors (Lipinski definition) is 11. The molecule has 0 aliphatic carbocycles. The number of hydrazone groups is 1. The van der Waals surface area contributed by atoms with Gasteiger partial charge in [-0.05, 0) is 72.2 Å². The summed E-state index contributed by atoms with van der Waals surface area (Å²) in [6, 6.07) is 22.5. The molecule has 4 aromatic rings. The molecule has 2 bridgehead atoms. The Bertz CT molecular complexity index is 2180. The first-order chi connectivity index (χ1) is 27.8. The van der Waals surface area contributed by atoms with Crippen molar-refractivity contribution in [2.24, 2.45) is 22.9 Å². The van der Waals surface area contributed by atoms with E-state index in [2.05, 4.69) is 31.5 Å². The zero-order valence-electron chi connectivity index (χ0n) is 32.1. The molecular formula is C41H47N7O9S. The van der Waals surface area contributed by atoms with Crippen molar-refractivity contribution in [2.75, 3.05) is 12.0 Å². The number of rotatable bonds is 13. The monoisotopic (exact) mass is 813 g/mol. The van der Waals surface area contributed by atoms with Crippen LogP contribution in [0.3, 0.4) is 0 Å². The number of carbonyl (C=O) groups excluding carboxylic acids is 4. The third-order valence-corrected chi connectivity index (χ3v) is 10.4. The van der Waals surface area contributed by atoms with Gasteiger partial charge in [-0.3, -0.25) is 34.4 Å². The molecule has 0 saturated heterocycles. The quantitative estimate of drug-likeness (QED) is 0.0441. The summed E-state index contributed by atoms with van der Waals surface area (Å²) in [6.45, 7) is 4.60. The Hall–Kier alpha value is -6.17. The Labute approximate surface area is 336 Å². The summed E-state index contributed by atoms with van der Waals surface area (Å²) in [7, 11) is -4.43. The van der Waals surface area contributed by atoms with Crippen molar-refractivity contribution < 1.29 is 42.1 Å². The van der Waals surface area contributed by atoms with E-state index >= 15 is 0 Å². The summed E-state index contributed by atoms with van der Waals surface area (Å²) in [6.07, 6.45) is 3.92. The van der Waals surface area contributed by atoms with Gasteiger partial charge in [0, 0.05) is 37.2 Å². The summed E-state index contributed by atoms with van der Waals surface area (Å²) in [5.41, 5.74) is 7.22. The molecule has 2 aliphatic rings. The van der Waals surface area contributed by atoms with Gasteiger partial charge in [0.05, 0.1) is 24.3 Å². The Morgan fingerprint density at radius 3 is 2.28 bits per heavy atom. The second-order valence-electron chi connectivity index (χ2n) is 14.3. The van der Waals surface area contributed by atoms with Crippen molar-refractivity contribution in [3.63, 3.8) is 0 Å². The first kappa shape index (κ1) is 43.0. The number of carbonyl (C=O) groups is 4. The van der Waals surface area contributed by atoms with E-state index in [1.165, 1.54) is 36.7 Å². The number of fused-ring (bicyclic) bond motifs is 11. The predicted octanol–water partition coefficient (Wildman–Crippen LogP) is 4.00. The van der Waals surface area contributed by atoms with Crippen LogP contribution in [-0.2, 0) is 44.0 Å².